The minimum absolute atomic E-state index is 0.0310. The highest BCUT2D eigenvalue weighted by Gasteiger charge is 2.05. The van der Waals surface area contributed by atoms with Gasteiger partial charge in [-0.2, -0.15) is 5.26 Å². The summed E-state index contributed by atoms with van der Waals surface area (Å²) in [5.74, 6) is -0.614. The number of anilines is 2. The quantitative estimate of drug-likeness (QED) is 0.910. The topological polar surface area (TPSA) is 64.9 Å². The molecule has 0 fully saturated rings. The van der Waals surface area contributed by atoms with E-state index >= 15 is 0 Å². The van der Waals surface area contributed by atoms with Crippen molar-refractivity contribution < 1.29 is 9.18 Å². The number of amides is 1. The first kappa shape index (κ1) is 14.8. The molecule has 2 N–H and O–H groups in total. The van der Waals surface area contributed by atoms with Crippen molar-refractivity contribution in [2.24, 2.45) is 0 Å². The fourth-order valence-electron chi connectivity index (χ4n) is 1.64. The zero-order valence-electron chi connectivity index (χ0n) is 10.9. The maximum Gasteiger partial charge on any atom is 0.243 e. The number of nitriles is 1. The Kier molecular flexibility index (Phi) is 4.75. The number of hydrogen-bond donors (Lipinski definition) is 2. The van der Waals surface area contributed by atoms with Gasteiger partial charge in [-0.05, 0) is 42.5 Å². The van der Waals surface area contributed by atoms with Gasteiger partial charge in [0.1, 0.15) is 11.9 Å². The van der Waals surface area contributed by atoms with Crippen LogP contribution in [0.1, 0.15) is 5.56 Å². The van der Waals surface area contributed by atoms with Gasteiger partial charge in [0.2, 0.25) is 5.91 Å². The molecular weight excluding hydrogens is 293 g/mol. The predicted octanol–water partition coefficient (Wildman–Crippen LogP) is 3.40. The molecule has 21 heavy (non-hydrogen) atoms. The van der Waals surface area contributed by atoms with Crippen LogP contribution < -0.4 is 10.6 Å². The van der Waals surface area contributed by atoms with E-state index in [2.05, 4.69) is 10.6 Å². The zero-order valence-corrected chi connectivity index (χ0v) is 11.6. The van der Waals surface area contributed by atoms with Crippen molar-refractivity contribution in [2.75, 3.05) is 17.2 Å². The number of rotatable bonds is 4. The van der Waals surface area contributed by atoms with Gasteiger partial charge in [0.25, 0.3) is 0 Å². The molecule has 2 aromatic rings. The second kappa shape index (κ2) is 6.73. The minimum atomic E-state index is -0.336. The zero-order chi connectivity index (χ0) is 15.2. The number of nitrogens with one attached hydrogen (secondary N) is 2. The first-order chi connectivity index (χ1) is 10.1. The van der Waals surface area contributed by atoms with Crippen LogP contribution in [-0.2, 0) is 4.79 Å². The lowest BCUT2D eigenvalue weighted by Gasteiger charge is -2.08. The van der Waals surface area contributed by atoms with Gasteiger partial charge in [-0.1, -0.05) is 11.6 Å². The fourth-order valence-corrected chi connectivity index (χ4v) is 1.86. The summed E-state index contributed by atoms with van der Waals surface area (Å²) < 4.78 is 12.7. The monoisotopic (exact) mass is 303 g/mol. The summed E-state index contributed by atoms with van der Waals surface area (Å²) in [6.45, 7) is 0.0310. The summed E-state index contributed by atoms with van der Waals surface area (Å²) in [7, 11) is 0. The van der Waals surface area contributed by atoms with Gasteiger partial charge >= 0.3 is 0 Å². The van der Waals surface area contributed by atoms with Gasteiger partial charge in [0, 0.05) is 11.4 Å². The van der Waals surface area contributed by atoms with Gasteiger partial charge in [-0.25, -0.2) is 4.39 Å². The second-order valence-corrected chi connectivity index (χ2v) is 4.62. The number of halogens is 2. The Balaban J connectivity index is 1.91. The van der Waals surface area contributed by atoms with Crippen molar-refractivity contribution in [3.05, 3.63) is 58.9 Å². The van der Waals surface area contributed by atoms with Crippen molar-refractivity contribution >= 4 is 28.9 Å². The van der Waals surface area contributed by atoms with Crippen LogP contribution >= 0.6 is 11.6 Å². The van der Waals surface area contributed by atoms with E-state index in [0.29, 0.717) is 16.9 Å². The molecular formula is C15H11ClFN3O. The van der Waals surface area contributed by atoms with Gasteiger partial charge in [0.15, 0.2) is 0 Å². The Hall–Kier alpha value is -2.58. The molecule has 0 aliphatic heterocycles. The van der Waals surface area contributed by atoms with E-state index < -0.39 is 0 Å². The Bertz CT molecular complexity index is 695. The van der Waals surface area contributed by atoms with Crippen molar-refractivity contribution in [3.8, 4) is 6.07 Å². The summed E-state index contributed by atoms with van der Waals surface area (Å²) in [6.07, 6.45) is 0. The average Bonchev–Trinajstić information content (AvgIpc) is 2.47. The number of hydrogen-bond acceptors (Lipinski definition) is 3. The smallest absolute Gasteiger partial charge is 0.243 e. The number of carbonyl (C=O) groups is 1. The maximum absolute atomic E-state index is 12.7. The molecule has 0 atom stereocenters. The largest absolute Gasteiger partial charge is 0.376 e. The van der Waals surface area contributed by atoms with Crippen LogP contribution in [0.2, 0.25) is 5.02 Å². The summed E-state index contributed by atoms with van der Waals surface area (Å²) in [4.78, 5) is 11.8. The molecule has 0 aliphatic rings. The molecule has 6 heteroatoms. The molecule has 0 spiro atoms. The highest BCUT2D eigenvalue weighted by molar-refractivity contribution is 6.32. The molecule has 1 amide bonds. The predicted molar refractivity (Wildman–Crippen MR) is 79.7 cm³/mol. The fraction of sp³-hybridized carbons (Fsp3) is 0.0667. The van der Waals surface area contributed by atoms with Crippen molar-refractivity contribution in [3.63, 3.8) is 0 Å². The first-order valence-electron chi connectivity index (χ1n) is 6.07. The molecule has 0 bridgehead atoms. The molecule has 4 nitrogen and oxygen atoms in total. The Morgan fingerprint density at radius 3 is 2.48 bits per heavy atom. The molecule has 106 valence electrons. The number of carbonyl (C=O) groups excluding carboxylic acids is 1. The molecule has 0 aromatic heterocycles. The summed E-state index contributed by atoms with van der Waals surface area (Å²) in [5.41, 5.74) is 1.49. The molecule has 0 aliphatic carbocycles. The van der Waals surface area contributed by atoms with Crippen LogP contribution in [0.4, 0.5) is 15.8 Å². The van der Waals surface area contributed by atoms with Crippen LogP contribution in [0.25, 0.3) is 0 Å². The molecule has 0 unspecified atom stereocenters. The van der Waals surface area contributed by atoms with E-state index in [4.69, 9.17) is 16.9 Å². The normalized spacial score (nSPS) is 9.76. The standard InChI is InChI=1S/C15H11ClFN3O/c16-14-7-13(4-1-10(14)8-18)20-15(21)9-19-12-5-2-11(17)3-6-12/h1-7,19H,9H2,(H,20,21). The van der Waals surface area contributed by atoms with E-state index in [-0.39, 0.29) is 23.3 Å². The lowest BCUT2D eigenvalue weighted by molar-refractivity contribution is -0.114. The van der Waals surface area contributed by atoms with E-state index in [0.717, 1.165) is 0 Å². The Morgan fingerprint density at radius 1 is 1.19 bits per heavy atom. The minimum Gasteiger partial charge on any atom is -0.376 e. The highest BCUT2D eigenvalue weighted by Crippen LogP contribution is 2.20. The number of benzene rings is 2. The Labute approximate surface area is 126 Å². The van der Waals surface area contributed by atoms with E-state index in [1.54, 1.807) is 18.2 Å². The van der Waals surface area contributed by atoms with Crippen LogP contribution in [-0.4, -0.2) is 12.5 Å². The van der Waals surface area contributed by atoms with Gasteiger partial charge in [-0.3, -0.25) is 4.79 Å². The third kappa shape index (κ3) is 4.20. The number of nitrogens with zero attached hydrogens (tertiary/aromatic N) is 1. The first-order valence-corrected chi connectivity index (χ1v) is 6.45. The summed E-state index contributed by atoms with van der Waals surface area (Å²) >= 11 is 5.88. The SMILES string of the molecule is N#Cc1ccc(NC(=O)CNc2ccc(F)cc2)cc1Cl. The summed E-state index contributed by atoms with van der Waals surface area (Å²) in [5, 5.41) is 14.6. The van der Waals surface area contributed by atoms with Crippen molar-refractivity contribution in [1.82, 2.24) is 0 Å². The third-order valence-electron chi connectivity index (χ3n) is 2.67. The lowest BCUT2D eigenvalue weighted by atomic mass is 10.2. The van der Waals surface area contributed by atoms with Crippen LogP contribution in [0.15, 0.2) is 42.5 Å². The maximum atomic E-state index is 12.7. The van der Waals surface area contributed by atoms with Gasteiger partial charge in [0.05, 0.1) is 17.1 Å². The van der Waals surface area contributed by atoms with E-state index in [9.17, 15) is 9.18 Å². The molecule has 2 aromatic carbocycles. The average molecular weight is 304 g/mol. The molecule has 0 heterocycles. The van der Waals surface area contributed by atoms with Crippen LogP contribution in [0.3, 0.4) is 0 Å². The molecule has 2 rings (SSSR count). The van der Waals surface area contributed by atoms with Crippen LogP contribution in [0, 0.1) is 17.1 Å². The molecule has 0 saturated carbocycles. The van der Waals surface area contributed by atoms with Gasteiger partial charge < -0.3 is 10.6 Å². The molecule has 0 radical (unpaired) electrons. The molecule has 0 saturated heterocycles. The van der Waals surface area contributed by atoms with Crippen LogP contribution in [0.5, 0.6) is 0 Å². The highest BCUT2D eigenvalue weighted by atomic mass is 35.5. The van der Waals surface area contributed by atoms with E-state index in [1.165, 1.54) is 24.3 Å². The lowest BCUT2D eigenvalue weighted by Crippen LogP contribution is -2.21. The van der Waals surface area contributed by atoms with Crippen molar-refractivity contribution in [1.29, 1.82) is 5.26 Å². The third-order valence-corrected chi connectivity index (χ3v) is 2.98. The second-order valence-electron chi connectivity index (χ2n) is 4.22. The summed E-state index contributed by atoms with van der Waals surface area (Å²) in [6, 6.07) is 12.3. The van der Waals surface area contributed by atoms with Crippen molar-refractivity contribution in [2.45, 2.75) is 0 Å². The Morgan fingerprint density at radius 2 is 1.86 bits per heavy atom. The van der Waals surface area contributed by atoms with E-state index in [1.807, 2.05) is 6.07 Å². The van der Waals surface area contributed by atoms with Gasteiger partial charge in [-0.15, -0.1) is 0 Å².